The molecule has 1 aromatic carbocycles. The summed E-state index contributed by atoms with van der Waals surface area (Å²) in [6.07, 6.45) is 3.64. The number of ether oxygens (including phenoxy) is 1. The number of benzene rings is 1. The third-order valence-electron chi connectivity index (χ3n) is 3.47. The Balaban J connectivity index is 0. The molecule has 0 bridgehead atoms. The van der Waals surface area contributed by atoms with Crippen molar-refractivity contribution < 1.29 is 9.53 Å². The fraction of sp³-hybridized carbons (Fsp3) is 0.409. The first kappa shape index (κ1) is 27.2. The van der Waals surface area contributed by atoms with Crippen LogP contribution in [0.3, 0.4) is 0 Å². The second-order valence-corrected chi connectivity index (χ2v) is 6.70. The van der Waals surface area contributed by atoms with Gasteiger partial charge in [-0.15, -0.1) is 0 Å². The summed E-state index contributed by atoms with van der Waals surface area (Å²) in [4.78, 5) is 13.7. The fourth-order valence-corrected chi connectivity index (χ4v) is 2.34. The highest BCUT2D eigenvalue weighted by atomic mass is 79.9. The summed E-state index contributed by atoms with van der Waals surface area (Å²) in [5, 5.41) is 2.69. The van der Waals surface area contributed by atoms with Crippen LogP contribution in [0.4, 0.5) is 0 Å². The highest BCUT2D eigenvalue weighted by Crippen LogP contribution is 2.19. The molecule has 0 radical (unpaired) electrons. The van der Waals surface area contributed by atoms with E-state index in [1.54, 1.807) is 25.1 Å². The summed E-state index contributed by atoms with van der Waals surface area (Å²) in [6.45, 7) is 15.4. The van der Waals surface area contributed by atoms with Crippen molar-refractivity contribution in [3.8, 4) is 5.75 Å². The molecule has 0 atom stereocenters. The Morgan fingerprint density at radius 1 is 1.19 bits per heavy atom. The molecule has 1 N–H and O–H groups in total. The van der Waals surface area contributed by atoms with E-state index in [4.69, 9.17) is 4.74 Å². The van der Waals surface area contributed by atoms with Crippen LogP contribution in [0.25, 0.3) is 0 Å². The van der Waals surface area contributed by atoms with Gasteiger partial charge in [0.05, 0.1) is 13.7 Å². The number of hydrogen-bond acceptors (Lipinski definition) is 3. The first-order chi connectivity index (χ1) is 12.8. The average molecular weight is 439 g/mol. The van der Waals surface area contributed by atoms with Crippen molar-refractivity contribution in [2.75, 3.05) is 14.2 Å². The van der Waals surface area contributed by atoms with Crippen molar-refractivity contribution >= 4 is 21.8 Å². The van der Waals surface area contributed by atoms with Gasteiger partial charge in [0.1, 0.15) is 5.75 Å². The van der Waals surface area contributed by atoms with E-state index in [0.29, 0.717) is 6.54 Å². The first-order valence-electron chi connectivity index (χ1n) is 8.97. The molecular formula is C22H35BrN2O2. The van der Waals surface area contributed by atoms with Crippen molar-refractivity contribution in [3.05, 3.63) is 64.4 Å². The first-order valence-corrected chi connectivity index (χ1v) is 9.76. The highest BCUT2D eigenvalue weighted by molar-refractivity contribution is 9.11. The minimum atomic E-state index is 0.0308. The molecular weight excluding hydrogens is 404 g/mol. The lowest BCUT2D eigenvalue weighted by atomic mass is 10.1. The van der Waals surface area contributed by atoms with Gasteiger partial charge in [-0.2, -0.15) is 0 Å². The normalized spacial score (nSPS) is 10.9. The van der Waals surface area contributed by atoms with Crippen molar-refractivity contribution in [2.24, 2.45) is 0 Å². The van der Waals surface area contributed by atoms with Gasteiger partial charge in [-0.3, -0.25) is 4.79 Å². The molecule has 0 saturated carbocycles. The molecule has 0 aromatic heterocycles. The molecule has 1 aromatic rings. The molecule has 4 nitrogen and oxygen atoms in total. The van der Waals surface area contributed by atoms with E-state index < -0.39 is 0 Å². The molecule has 0 unspecified atom stereocenters. The molecule has 152 valence electrons. The highest BCUT2D eigenvalue weighted by Gasteiger charge is 2.13. The van der Waals surface area contributed by atoms with Gasteiger partial charge in [-0.25, -0.2) is 0 Å². The Bertz CT molecular complexity index is 616. The molecule has 0 aliphatic rings. The van der Waals surface area contributed by atoms with Crippen LogP contribution < -0.4 is 10.1 Å². The number of nitrogens with zero attached hydrogens (tertiary/aromatic N) is 1. The third-order valence-corrected chi connectivity index (χ3v) is 3.70. The Labute approximate surface area is 174 Å². The minimum Gasteiger partial charge on any atom is -0.497 e. The zero-order valence-electron chi connectivity index (χ0n) is 18.0. The number of halogens is 1. The van der Waals surface area contributed by atoms with Crippen LogP contribution in [0, 0.1) is 0 Å². The number of allylic oxidation sites excluding steroid dienone is 4. The van der Waals surface area contributed by atoms with Gasteiger partial charge in [0.15, 0.2) is 0 Å². The SMILES string of the molecule is C=CNC.CC.COc1ccc(CN(C(C)=O)/C(C)=C(C)/C=C(\C)Br)cc1. The second kappa shape index (κ2) is 16.2. The van der Waals surface area contributed by atoms with Gasteiger partial charge in [-0.05, 0) is 60.8 Å². The lowest BCUT2D eigenvalue weighted by Crippen LogP contribution is -2.27. The number of nitrogens with one attached hydrogen (secondary N) is 1. The van der Waals surface area contributed by atoms with Gasteiger partial charge in [0, 0.05) is 19.7 Å². The number of carbonyl (C=O) groups excluding carboxylic acids is 1. The lowest BCUT2D eigenvalue weighted by Gasteiger charge is -2.23. The number of hydrogen-bond donors (Lipinski definition) is 1. The monoisotopic (exact) mass is 438 g/mol. The average Bonchev–Trinajstić information content (AvgIpc) is 2.67. The Morgan fingerprint density at radius 2 is 1.67 bits per heavy atom. The number of rotatable bonds is 6. The maximum absolute atomic E-state index is 11.9. The Hall–Kier alpha value is -2.01. The quantitative estimate of drug-likeness (QED) is 0.552. The summed E-state index contributed by atoms with van der Waals surface area (Å²) >= 11 is 3.42. The molecule has 0 saturated heterocycles. The maximum atomic E-state index is 11.9. The topological polar surface area (TPSA) is 41.6 Å². The van der Waals surface area contributed by atoms with E-state index in [0.717, 1.165) is 27.1 Å². The van der Waals surface area contributed by atoms with E-state index in [1.807, 2.05) is 72.0 Å². The maximum Gasteiger partial charge on any atom is 0.223 e. The van der Waals surface area contributed by atoms with Crippen molar-refractivity contribution in [1.82, 2.24) is 10.2 Å². The van der Waals surface area contributed by atoms with Crippen LogP contribution in [0.5, 0.6) is 5.75 Å². The van der Waals surface area contributed by atoms with Crippen LogP contribution in [0.2, 0.25) is 0 Å². The summed E-state index contributed by atoms with van der Waals surface area (Å²) in [5.74, 6) is 0.845. The van der Waals surface area contributed by atoms with Crippen molar-refractivity contribution in [3.63, 3.8) is 0 Å². The Morgan fingerprint density at radius 3 is 2.00 bits per heavy atom. The van der Waals surface area contributed by atoms with E-state index in [-0.39, 0.29) is 5.91 Å². The van der Waals surface area contributed by atoms with Gasteiger partial charge in [-0.1, -0.05) is 48.5 Å². The standard InChI is InChI=1S/C17H22BrNO2.C3H7N.C2H6/c1-12(10-13(2)18)14(3)19(15(4)20)11-16-6-8-17(21-5)9-7-16;1-3-4-2;1-2/h6-10H,11H2,1-5H3;3-4H,1H2,2H3;1-2H3/b13-10+,14-12+;;. The van der Waals surface area contributed by atoms with Crippen LogP contribution in [-0.4, -0.2) is 25.0 Å². The summed E-state index contributed by atoms with van der Waals surface area (Å²) in [6, 6.07) is 7.76. The van der Waals surface area contributed by atoms with Crippen LogP contribution >= 0.6 is 15.9 Å². The summed E-state index contributed by atoms with van der Waals surface area (Å²) in [5.41, 5.74) is 3.09. The lowest BCUT2D eigenvalue weighted by molar-refractivity contribution is -0.127. The fourth-order valence-electron chi connectivity index (χ4n) is 2.00. The summed E-state index contributed by atoms with van der Waals surface area (Å²) in [7, 11) is 3.45. The molecule has 1 amide bonds. The van der Waals surface area contributed by atoms with Crippen molar-refractivity contribution in [1.29, 1.82) is 0 Å². The molecule has 0 aliphatic carbocycles. The van der Waals surface area contributed by atoms with Gasteiger partial charge in [0.25, 0.3) is 0 Å². The zero-order chi connectivity index (χ0) is 21.4. The van der Waals surface area contributed by atoms with E-state index >= 15 is 0 Å². The number of methoxy groups -OCH3 is 1. The second-order valence-electron chi connectivity index (χ2n) is 5.45. The van der Waals surface area contributed by atoms with E-state index in [2.05, 4.69) is 27.8 Å². The predicted molar refractivity (Wildman–Crippen MR) is 121 cm³/mol. The van der Waals surface area contributed by atoms with Gasteiger partial charge in [0.2, 0.25) is 5.91 Å². The van der Waals surface area contributed by atoms with E-state index in [9.17, 15) is 4.79 Å². The van der Waals surface area contributed by atoms with Gasteiger partial charge < -0.3 is 15.0 Å². The van der Waals surface area contributed by atoms with Gasteiger partial charge >= 0.3 is 0 Å². The molecule has 0 aliphatic heterocycles. The molecule has 0 heterocycles. The summed E-state index contributed by atoms with van der Waals surface area (Å²) < 4.78 is 6.18. The van der Waals surface area contributed by atoms with Crippen molar-refractivity contribution in [2.45, 2.75) is 48.1 Å². The van der Waals surface area contributed by atoms with Crippen LogP contribution in [0.1, 0.15) is 47.1 Å². The number of carbonyl (C=O) groups is 1. The molecule has 27 heavy (non-hydrogen) atoms. The third kappa shape index (κ3) is 12.1. The predicted octanol–water partition coefficient (Wildman–Crippen LogP) is 6.01. The zero-order valence-corrected chi connectivity index (χ0v) is 19.6. The smallest absolute Gasteiger partial charge is 0.223 e. The van der Waals surface area contributed by atoms with Crippen LogP contribution in [0.15, 0.2) is 58.9 Å². The Kier molecular flexibility index (Phi) is 16.3. The molecule has 0 fully saturated rings. The number of amides is 1. The molecule has 1 rings (SSSR count). The largest absolute Gasteiger partial charge is 0.497 e. The van der Waals surface area contributed by atoms with E-state index in [1.165, 1.54) is 0 Å². The van der Waals surface area contributed by atoms with Crippen LogP contribution in [-0.2, 0) is 11.3 Å². The molecule has 5 heteroatoms. The molecule has 0 spiro atoms. The minimum absolute atomic E-state index is 0.0308.